The van der Waals surface area contributed by atoms with Crippen LogP contribution in [0.15, 0.2) is 34.9 Å². The first-order valence-corrected chi connectivity index (χ1v) is 8.75. The number of rotatable bonds is 6. The van der Waals surface area contributed by atoms with E-state index in [-0.39, 0.29) is 40.9 Å². The average Bonchev–Trinajstić information content (AvgIpc) is 2.62. The van der Waals surface area contributed by atoms with Gasteiger partial charge in [0.15, 0.2) is 11.5 Å². The minimum absolute atomic E-state index is 0.000792. The van der Waals surface area contributed by atoms with Crippen LogP contribution in [0, 0.1) is 11.3 Å². The Bertz CT molecular complexity index is 881. The van der Waals surface area contributed by atoms with Crippen LogP contribution in [0.3, 0.4) is 0 Å². The van der Waals surface area contributed by atoms with Gasteiger partial charge in [-0.15, -0.1) is 0 Å². The number of nitrogens with two attached hydrogens (primary N) is 1. The predicted molar refractivity (Wildman–Crippen MR) is 102 cm³/mol. The smallest absolute Gasteiger partial charge is 0.338 e. The van der Waals surface area contributed by atoms with Gasteiger partial charge in [0.1, 0.15) is 17.4 Å². The third-order valence-electron chi connectivity index (χ3n) is 4.32. The number of hydrogen-bond acceptors (Lipinski definition) is 8. The van der Waals surface area contributed by atoms with Gasteiger partial charge in [-0.1, -0.05) is 0 Å². The highest BCUT2D eigenvalue weighted by Gasteiger charge is 2.37. The molecule has 0 aliphatic carbocycles. The number of phenols is 1. The molecule has 0 saturated heterocycles. The molecule has 0 fully saturated rings. The van der Waals surface area contributed by atoms with E-state index in [9.17, 15) is 15.2 Å². The maximum Gasteiger partial charge on any atom is 0.338 e. The number of carbonyl (C=O) groups is 1. The number of benzene rings is 1. The maximum absolute atomic E-state index is 12.6. The average molecular weight is 387 g/mol. The summed E-state index contributed by atoms with van der Waals surface area (Å²) in [5.41, 5.74) is 7.36. The van der Waals surface area contributed by atoms with Crippen molar-refractivity contribution in [3.8, 4) is 17.6 Å². The fourth-order valence-electron chi connectivity index (χ4n) is 3.16. The molecule has 1 aromatic rings. The van der Waals surface area contributed by atoms with Crippen molar-refractivity contribution >= 4 is 5.97 Å². The number of hydrogen-bond donors (Lipinski definition) is 2. The molecule has 8 heteroatoms. The molecular weight excluding hydrogens is 362 g/mol. The quantitative estimate of drug-likeness (QED) is 0.713. The second kappa shape index (κ2) is 8.67. The summed E-state index contributed by atoms with van der Waals surface area (Å²) in [5.74, 6) is -0.960. The third kappa shape index (κ3) is 4.05. The summed E-state index contributed by atoms with van der Waals surface area (Å²) < 4.78 is 15.9. The van der Waals surface area contributed by atoms with E-state index in [1.54, 1.807) is 26.0 Å². The molecule has 0 aromatic heterocycles. The Kier molecular flexibility index (Phi) is 6.54. The van der Waals surface area contributed by atoms with Crippen LogP contribution in [-0.2, 0) is 20.8 Å². The first kappa shape index (κ1) is 21.1. The Morgan fingerprint density at radius 1 is 1.43 bits per heavy atom. The van der Waals surface area contributed by atoms with E-state index in [0.29, 0.717) is 17.7 Å². The van der Waals surface area contributed by atoms with Crippen molar-refractivity contribution in [3.63, 3.8) is 0 Å². The summed E-state index contributed by atoms with van der Waals surface area (Å²) in [5, 5.41) is 20.1. The Morgan fingerprint density at radius 2 is 2.11 bits per heavy atom. The van der Waals surface area contributed by atoms with Gasteiger partial charge in [-0.25, -0.2) is 4.79 Å². The summed E-state index contributed by atoms with van der Waals surface area (Å²) >= 11 is 0. The zero-order valence-corrected chi connectivity index (χ0v) is 16.7. The number of carbonyl (C=O) groups excluding carboxylic acids is 1. The van der Waals surface area contributed by atoms with Crippen LogP contribution >= 0.6 is 0 Å². The van der Waals surface area contributed by atoms with Crippen molar-refractivity contribution in [1.29, 1.82) is 5.26 Å². The van der Waals surface area contributed by atoms with Gasteiger partial charge in [0.25, 0.3) is 0 Å². The number of nitrogens with zero attached hydrogens (tertiary/aromatic N) is 2. The van der Waals surface area contributed by atoms with Gasteiger partial charge in [0.2, 0.25) is 5.88 Å². The highest BCUT2D eigenvalue weighted by atomic mass is 16.5. The molecule has 3 N–H and O–H groups in total. The molecule has 8 nitrogen and oxygen atoms in total. The Morgan fingerprint density at radius 3 is 2.64 bits per heavy atom. The summed E-state index contributed by atoms with van der Waals surface area (Å²) in [6, 6.07) is 5.35. The largest absolute Gasteiger partial charge is 0.504 e. The lowest BCUT2D eigenvalue weighted by atomic mass is 9.82. The minimum Gasteiger partial charge on any atom is -0.504 e. The monoisotopic (exact) mass is 387 g/mol. The Labute approximate surface area is 164 Å². The number of aromatic hydroxyl groups is 1. The van der Waals surface area contributed by atoms with E-state index in [1.165, 1.54) is 7.11 Å². The number of nitriles is 1. The SMILES string of the molecule is CCOC(=O)C1=C(C)OC(N)=C(C#N)C1c1cc(CN(C)C)c(O)c(OC)c1. The Hall–Kier alpha value is -3.18. The molecule has 1 aromatic carbocycles. The van der Waals surface area contributed by atoms with Crippen LogP contribution in [0.5, 0.6) is 11.5 Å². The molecule has 1 atom stereocenters. The first-order valence-electron chi connectivity index (χ1n) is 8.75. The molecule has 28 heavy (non-hydrogen) atoms. The molecule has 0 saturated carbocycles. The van der Waals surface area contributed by atoms with E-state index in [1.807, 2.05) is 25.1 Å². The molecule has 1 unspecified atom stereocenters. The van der Waals surface area contributed by atoms with E-state index in [2.05, 4.69) is 0 Å². The highest BCUT2D eigenvalue weighted by molar-refractivity contribution is 5.92. The topological polar surface area (TPSA) is 118 Å². The van der Waals surface area contributed by atoms with Crippen molar-refractivity contribution in [1.82, 2.24) is 4.90 Å². The second-order valence-electron chi connectivity index (χ2n) is 6.58. The van der Waals surface area contributed by atoms with Gasteiger partial charge in [-0.2, -0.15) is 5.26 Å². The summed E-state index contributed by atoms with van der Waals surface area (Å²) in [6.45, 7) is 3.89. The van der Waals surface area contributed by atoms with Gasteiger partial charge < -0.3 is 30.0 Å². The molecule has 0 spiro atoms. The van der Waals surface area contributed by atoms with Gasteiger partial charge in [-0.05, 0) is 45.6 Å². The summed E-state index contributed by atoms with van der Waals surface area (Å²) in [6.07, 6.45) is 0. The zero-order chi connectivity index (χ0) is 21.0. The normalized spacial score (nSPS) is 16.7. The summed E-state index contributed by atoms with van der Waals surface area (Å²) in [4.78, 5) is 14.5. The lowest BCUT2D eigenvalue weighted by Crippen LogP contribution is -2.25. The van der Waals surface area contributed by atoms with Crippen LogP contribution in [0.1, 0.15) is 30.9 Å². The standard InChI is InChI=1S/C20H25N3O5/c1-6-27-20(25)16-11(2)28-19(22)14(9-21)17(16)12-7-13(10-23(3)4)18(24)15(8-12)26-5/h7-8,17,24H,6,10,22H2,1-5H3. The van der Waals surface area contributed by atoms with Crippen molar-refractivity contribution in [3.05, 3.63) is 46.0 Å². The van der Waals surface area contributed by atoms with E-state index in [0.717, 1.165) is 0 Å². The van der Waals surface area contributed by atoms with E-state index < -0.39 is 11.9 Å². The lowest BCUT2D eigenvalue weighted by molar-refractivity contribution is -0.139. The number of methoxy groups -OCH3 is 1. The minimum atomic E-state index is -0.798. The Balaban J connectivity index is 2.73. The molecule has 1 aliphatic rings. The summed E-state index contributed by atoms with van der Waals surface area (Å²) in [7, 11) is 5.16. The van der Waals surface area contributed by atoms with E-state index >= 15 is 0 Å². The number of phenolic OH excluding ortho intramolecular Hbond substituents is 1. The fraction of sp³-hybridized carbons (Fsp3) is 0.400. The van der Waals surface area contributed by atoms with Gasteiger partial charge in [0, 0.05) is 12.1 Å². The van der Waals surface area contributed by atoms with Crippen LogP contribution < -0.4 is 10.5 Å². The van der Waals surface area contributed by atoms with Gasteiger partial charge in [0.05, 0.1) is 25.2 Å². The van der Waals surface area contributed by atoms with Crippen LogP contribution in [-0.4, -0.2) is 43.8 Å². The first-order chi connectivity index (χ1) is 13.2. The number of allylic oxidation sites excluding steroid dienone is 2. The van der Waals surface area contributed by atoms with Gasteiger partial charge >= 0.3 is 5.97 Å². The van der Waals surface area contributed by atoms with Crippen LogP contribution in [0.25, 0.3) is 0 Å². The van der Waals surface area contributed by atoms with Crippen molar-refractivity contribution in [2.24, 2.45) is 5.73 Å². The highest BCUT2D eigenvalue weighted by Crippen LogP contribution is 2.43. The van der Waals surface area contributed by atoms with Crippen molar-refractivity contribution in [2.75, 3.05) is 27.8 Å². The molecule has 0 amide bonds. The fourth-order valence-corrected chi connectivity index (χ4v) is 3.16. The van der Waals surface area contributed by atoms with Crippen molar-refractivity contribution in [2.45, 2.75) is 26.3 Å². The zero-order valence-electron chi connectivity index (χ0n) is 16.7. The molecular formula is C20H25N3O5. The second-order valence-corrected chi connectivity index (χ2v) is 6.58. The molecule has 0 radical (unpaired) electrons. The van der Waals surface area contributed by atoms with Crippen LogP contribution in [0.4, 0.5) is 0 Å². The lowest BCUT2D eigenvalue weighted by Gasteiger charge is -2.27. The van der Waals surface area contributed by atoms with Crippen molar-refractivity contribution < 1.29 is 24.1 Å². The predicted octanol–water partition coefficient (Wildman–Crippen LogP) is 2.11. The molecule has 0 bridgehead atoms. The van der Waals surface area contributed by atoms with Crippen LogP contribution in [0.2, 0.25) is 0 Å². The molecule has 1 aliphatic heterocycles. The molecule has 1 heterocycles. The molecule has 150 valence electrons. The number of ether oxygens (including phenoxy) is 3. The maximum atomic E-state index is 12.6. The third-order valence-corrected chi connectivity index (χ3v) is 4.32. The molecule has 2 rings (SSSR count). The van der Waals surface area contributed by atoms with Gasteiger partial charge in [-0.3, -0.25) is 0 Å². The van der Waals surface area contributed by atoms with E-state index in [4.69, 9.17) is 19.9 Å². The number of esters is 1.